The molecule has 7 nitrogen and oxygen atoms in total. The largest absolute Gasteiger partial charge is 0.503 e. The molecule has 31 heavy (non-hydrogen) atoms. The van der Waals surface area contributed by atoms with Gasteiger partial charge in [0.05, 0.1) is 11.1 Å². The molecule has 0 saturated heterocycles. The third kappa shape index (κ3) is 3.33. The van der Waals surface area contributed by atoms with Crippen LogP contribution < -0.4 is 5.43 Å². The Hall–Kier alpha value is -3.07. The second kappa shape index (κ2) is 7.56. The molecule has 2 aliphatic rings. The van der Waals surface area contributed by atoms with Crippen molar-refractivity contribution in [2.24, 2.45) is 5.92 Å². The summed E-state index contributed by atoms with van der Waals surface area (Å²) in [7, 11) is 0. The molecule has 2 N–H and O–H groups in total. The second-order valence-electron chi connectivity index (χ2n) is 8.09. The van der Waals surface area contributed by atoms with Gasteiger partial charge in [-0.15, -0.1) is 0 Å². The number of nitrogens with zero attached hydrogens (tertiary/aromatic N) is 2. The smallest absolute Gasteiger partial charge is 0.275 e. The molecule has 164 valence electrons. The molecule has 2 atom stereocenters. The van der Waals surface area contributed by atoms with Crippen LogP contribution in [0.15, 0.2) is 29.2 Å². The van der Waals surface area contributed by atoms with Gasteiger partial charge in [-0.25, -0.2) is 8.78 Å². The van der Waals surface area contributed by atoms with Crippen LogP contribution in [0.2, 0.25) is 0 Å². The van der Waals surface area contributed by atoms with E-state index >= 15 is 0 Å². The highest BCUT2D eigenvalue weighted by molar-refractivity contribution is 6.00. The molecule has 1 aliphatic carbocycles. The molecule has 2 aromatic rings. The van der Waals surface area contributed by atoms with E-state index in [9.17, 15) is 33.4 Å². The van der Waals surface area contributed by atoms with E-state index in [1.54, 1.807) is 11.8 Å². The predicted molar refractivity (Wildman–Crippen MR) is 106 cm³/mol. The minimum absolute atomic E-state index is 0.0496. The second-order valence-corrected chi connectivity index (χ2v) is 8.09. The normalized spacial score (nSPS) is 22.0. The number of fused-ring (bicyclic) bond motifs is 1. The minimum atomic E-state index is -0.953. The third-order valence-corrected chi connectivity index (χ3v) is 6.36. The predicted octanol–water partition coefficient (Wildman–Crippen LogP) is 1.87. The van der Waals surface area contributed by atoms with Gasteiger partial charge in [0.15, 0.2) is 17.2 Å². The molecule has 0 radical (unpaired) electrons. The van der Waals surface area contributed by atoms with E-state index in [4.69, 9.17) is 0 Å². The third-order valence-electron chi connectivity index (χ3n) is 6.36. The van der Waals surface area contributed by atoms with Crippen molar-refractivity contribution in [3.63, 3.8) is 0 Å². The van der Waals surface area contributed by atoms with E-state index in [1.807, 2.05) is 0 Å². The maximum Gasteiger partial charge on any atom is 0.275 e. The number of aromatic nitrogens is 1. The number of aliphatic hydroxyl groups excluding tert-OH is 1. The van der Waals surface area contributed by atoms with Gasteiger partial charge in [0.2, 0.25) is 5.43 Å². The van der Waals surface area contributed by atoms with Crippen LogP contribution in [0.5, 0.6) is 5.75 Å². The quantitative estimate of drug-likeness (QED) is 0.679. The van der Waals surface area contributed by atoms with Crippen LogP contribution >= 0.6 is 0 Å². The van der Waals surface area contributed by atoms with Crippen LogP contribution in [0, 0.1) is 17.6 Å². The van der Waals surface area contributed by atoms with Crippen molar-refractivity contribution in [2.45, 2.75) is 38.3 Å². The lowest BCUT2D eigenvalue weighted by Gasteiger charge is -2.38. The van der Waals surface area contributed by atoms with Gasteiger partial charge in [-0.05, 0) is 31.4 Å². The zero-order chi connectivity index (χ0) is 22.5. The van der Waals surface area contributed by atoms with Crippen molar-refractivity contribution in [2.75, 3.05) is 13.2 Å². The molecular weight excluding hydrogens is 410 g/mol. The molecule has 0 unspecified atom stereocenters. The average molecular weight is 432 g/mol. The van der Waals surface area contributed by atoms with E-state index in [0.29, 0.717) is 13.0 Å². The van der Waals surface area contributed by atoms with Crippen molar-refractivity contribution in [1.29, 1.82) is 0 Å². The van der Waals surface area contributed by atoms with Crippen LogP contribution in [0.4, 0.5) is 8.78 Å². The Kier molecular flexibility index (Phi) is 5.17. The lowest BCUT2D eigenvalue weighted by molar-refractivity contribution is 0.0508. The molecule has 1 aliphatic heterocycles. The number of carbonyl (C=O) groups is 2. The average Bonchev–Trinajstić information content (AvgIpc) is 3.42. The van der Waals surface area contributed by atoms with Crippen LogP contribution in [0.1, 0.15) is 46.2 Å². The lowest BCUT2D eigenvalue weighted by atomic mass is 10.0. The monoisotopic (exact) mass is 432 g/mol. The van der Waals surface area contributed by atoms with Crippen molar-refractivity contribution >= 4 is 11.7 Å². The van der Waals surface area contributed by atoms with E-state index in [0.717, 1.165) is 12.1 Å². The van der Waals surface area contributed by atoms with Crippen molar-refractivity contribution in [3.8, 4) is 5.75 Å². The minimum Gasteiger partial charge on any atom is -0.503 e. The highest BCUT2D eigenvalue weighted by Crippen LogP contribution is 2.52. The number of ketones is 1. The molecule has 1 saturated carbocycles. The van der Waals surface area contributed by atoms with Gasteiger partial charge in [0.25, 0.3) is 5.91 Å². The zero-order valence-electron chi connectivity index (χ0n) is 16.9. The number of rotatable bonds is 6. The number of aryl methyl sites for hydroxylation is 1. The highest BCUT2D eigenvalue weighted by Gasteiger charge is 2.61. The Morgan fingerprint density at radius 1 is 1.29 bits per heavy atom. The number of halogens is 2. The van der Waals surface area contributed by atoms with Crippen molar-refractivity contribution in [3.05, 3.63) is 63.1 Å². The number of hydrogen-bond donors (Lipinski definition) is 2. The maximum absolute atomic E-state index is 13.8. The maximum atomic E-state index is 13.8. The van der Waals surface area contributed by atoms with Crippen LogP contribution in [0.25, 0.3) is 0 Å². The number of aliphatic hydroxyl groups is 1. The fourth-order valence-electron chi connectivity index (χ4n) is 4.60. The Labute approximate surface area is 176 Å². The summed E-state index contributed by atoms with van der Waals surface area (Å²) >= 11 is 0. The molecule has 9 heteroatoms. The number of carbonyl (C=O) groups excluding carboxylic acids is 2. The topological polar surface area (TPSA) is 99.8 Å². The van der Waals surface area contributed by atoms with Gasteiger partial charge in [-0.2, -0.15) is 0 Å². The Balaban J connectivity index is 1.65. The Morgan fingerprint density at radius 3 is 2.65 bits per heavy atom. The molecule has 4 rings (SSSR count). The lowest BCUT2D eigenvalue weighted by Crippen LogP contribution is -2.52. The number of benzene rings is 1. The summed E-state index contributed by atoms with van der Waals surface area (Å²) in [6.45, 7) is 2.28. The van der Waals surface area contributed by atoms with Gasteiger partial charge in [0.1, 0.15) is 11.6 Å². The summed E-state index contributed by atoms with van der Waals surface area (Å²) in [6, 6.07) is 3.04. The number of aromatic hydroxyl groups is 1. The summed E-state index contributed by atoms with van der Waals surface area (Å²) in [6.07, 6.45) is 1.57. The molecular formula is C22H22F2N2O5. The Bertz CT molecular complexity index is 1150. The fourth-order valence-corrected chi connectivity index (χ4v) is 4.60. The fraction of sp³-hybridized carbons (Fsp3) is 0.409. The van der Waals surface area contributed by atoms with Crippen LogP contribution in [0.3, 0.4) is 0 Å². The van der Waals surface area contributed by atoms with Crippen LogP contribution in [-0.4, -0.2) is 50.1 Å². The van der Waals surface area contributed by atoms with Crippen LogP contribution in [-0.2, 0) is 13.0 Å². The first-order chi connectivity index (χ1) is 14.7. The standard InChI is InChI=1S/C22H22F2N2O5/c1-2-26-21(31)18-20(30)19(29)15(9-25(18)11-22(26)8-13(22)10-27)17(28)6-4-12-3-5-14(23)7-16(12)24/h3,5,7,9,13,27,30H,2,4,6,8,10-11H2,1H3/t13-,22-/m1/s1. The number of pyridine rings is 1. The van der Waals surface area contributed by atoms with Crippen molar-refractivity contribution in [1.82, 2.24) is 9.47 Å². The molecule has 1 spiro atoms. The number of hydrogen-bond acceptors (Lipinski definition) is 5. The summed E-state index contributed by atoms with van der Waals surface area (Å²) in [5.41, 5.74) is -1.90. The summed E-state index contributed by atoms with van der Waals surface area (Å²) in [4.78, 5) is 39.8. The summed E-state index contributed by atoms with van der Waals surface area (Å²) in [5.74, 6) is -3.56. The molecule has 0 bridgehead atoms. The van der Waals surface area contributed by atoms with E-state index in [2.05, 4.69) is 0 Å². The molecule has 1 aromatic carbocycles. The van der Waals surface area contributed by atoms with Crippen molar-refractivity contribution < 1.29 is 28.6 Å². The zero-order valence-corrected chi connectivity index (χ0v) is 16.9. The first-order valence-corrected chi connectivity index (χ1v) is 10.1. The Morgan fingerprint density at radius 2 is 2.03 bits per heavy atom. The number of Topliss-reactive ketones (excluding diaryl/α,β-unsaturated/α-hetero) is 1. The number of amides is 1. The van der Waals surface area contributed by atoms with E-state index in [1.165, 1.54) is 16.8 Å². The summed E-state index contributed by atoms with van der Waals surface area (Å²) < 4.78 is 28.3. The number of likely N-dealkylation sites (N-methyl/N-ethyl adjacent to an activating group) is 1. The first kappa shape index (κ1) is 21.2. The molecule has 2 heterocycles. The summed E-state index contributed by atoms with van der Waals surface area (Å²) in [5, 5.41) is 20.0. The van der Waals surface area contributed by atoms with Gasteiger partial charge in [-0.1, -0.05) is 6.07 Å². The van der Waals surface area contributed by atoms with Gasteiger partial charge < -0.3 is 19.7 Å². The van der Waals surface area contributed by atoms with Gasteiger partial charge >= 0.3 is 0 Å². The van der Waals surface area contributed by atoms with E-state index in [-0.39, 0.29) is 48.7 Å². The highest BCUT2D eigenvalue weighted by atomic mass is 19.1. The van der Waals surface area contributed by atoms with Gasteiger partial charge in [0, 0.05) is 44.3 Å². The SMILES string of the molecule is CCN1C(=O)c2c(O)c(=O)c(C(=O)CCc3ccc(F)cc3F)cn2C[C@@]12C[C@@H]2CO. The first-order valence-electron chi connectivity index (χ1n) is 10.1. The molecule has 1 aromatic heterocycles. The molecule has 1 fully saturated rings. The van der Waals surface area contributed by atoms with E-state index < -0.39 is 40.0 Å². The van der Waals surface area contributed by atoms with Gasteiger partial charge in [-0.3, -0.25) is 14.4 Å². The molecule has 1 amide bonds.